The summed E-state index contributed by atoms with van der Waals surface area (Å²) in [5.74, 6) is 0.911. The largest absolute Gasteiger partial charge is 0.357 e. The first kappa shape index (κ1) is 24.2. The second-order valence-electron chi connectivity index (χ2n) is 6.40. The van der Waals surface area contributed by atoms with Gasteiger partial charge in [0.05, 0.1) is 6.54 Å². The van der Waals surface area contributed by atoms with E-state index in [2.05, 4.69) is 74.4 Å². The molecule has 0 heterocycles. The molecule has 1 unspecified atom stereocenters. The Morgan fingerprint density at radius 2 is 1.92 bits per heavy atom. The van der Waals surface area contributed by atoms with Gasteiger partial charge >= 0.3 is 0 Å². The summed E-state index contributed by atoms with van der Waals surface area (Å²) >= 11 is 0. The van der Waals surface area contributed by atoms with Crippen LogP contribution < -0.4 is 10.6 Å². The molecule has 144 valence electrons. The van der Waals surface area contributed by atoms with Crippen molar-refractivity contribution in [1.29, 1.82) is 0 Å². The van der Waals surface area contributed by atoms with E-state index in [1.54, 1.807) is 0 Å². The molecule has 2 N–H and O–H groups in total. The van der Waals surface area contributed by atoms with Crippen LogP contribution in [0.2, 0.25) is 0 Å². The van der Waals surface area contributed by atoms with Gasteiger partial charge in [-0.25, -0.2) is 4.99 Å². The lowest BCUT2D eigenvalue weighted by Gasteiger charge is -2.21. The third-order valence-electron chi connectivity index (χ3n) is 4.24. The molecule has 0 amide bonds. The number of nitrogens with zero attached hydrogens (tertiary/aromatic N) is 2. The lowest BCUT2D eigenvalue weighted by molar-refractivity contribution is 0.292. The van der Waals surface area contributed by atoms with Crippen LogP contribution in [-0.2, 0) is 6.54 Å². The number of aliphatic imine (C=N–C) groups is 1. The highest BCUT2D eigenvalue weighted by molar-refractivity contribution is 14.0. The zero-order valence-corrected chi connectivity index (χ0v) is 19.0. The minimum Gasteiger partial charge on any atom is -0.357 e. The number of benzene rings is 1. The smallest absolute Gasteiger partial charge is 0.191 e. The van der Waals surface area contributed by atoms with Crippen LogP contribution >= 0.6 is 24.0 Å². The Balaban J connectivity index is 0.00000576. The molecule has 25 heavy (non-hydrogen) atoms. The molecule has 0 fully saturated rings. The maximum absolute atomic E-state index is 4.72. The SMILES string of the molecule is CCNC(=NCc1cccc(C)c1)NC(C)CCCN(CC)CC.I. The van der Waals surface area contributed by atoms with Crippen LogP contribution in [0, 0.1) is 6.92 Å². The molecule has 0 aliphatic carbocycles. The summed E-state index contributed by atoms with van der Waals surface area (Å²) in [5.41, 5.74) is 2.53. The van der Waals surface area contributed by atoms with Gasteiger partial charge in [0.15, 0.2) is 5.96 Å². The van der Waals surface area contributed by atoms with Crippen LogP contribution in [0.1, 0.15) is 51.7 Å². The Morgan fingerprint density at radius 3 is 2.52 bits per heavy atom. The Hall–Kier alpha value is -0.820. The summed E-state index contributed by atoms with van der Waals surface area (Å²) in [6.45, 7) is 16.0. The molecule has 0 aliphatic rings. The fraction of sp³-hybridized carbons (Fsp3) is 0.650. The van der Waals surface area contributed by atoms with Crippen molar-refractivity contribution in [2.45, 2.75) is 60.0 Å². The van der Waals surface area contributed by atoms with Gasteiger partial charge in [0.1, 0.15) is 0 Å². The molecule has 0 saturated carbocycles. The van der Waals surface area contributed by atoms with Crippen LogP contribution in [0.15, 0.2) is 29.3 Å². The van der Waals surface area contributed by atoms with Crippen molar-refractivity contribution < 1.29 is 0 Å². The molecular weight excluding hydrogens is 423 g/mol. The average Bonchev–Trinajstić information content (AvgIpc) is 2.57. The Kier molecular flexibility index (Phi) is 13.9. The van der Waals surface area contributed by atoms with E-state index in [-0.39, 0.29) is 24.0 Å². The van der Waals surface area contributed by atoms with Gasteiger partial charge in [0.2, 0.25) is 0 Å². The predicted molar refractivity (Wildman–Crippen MR) is 121 cm³/mol. The number of hydrogen-bond donors (Lipinski definition) is 2. The Labute approximate surface area is 171 Å². The fourth-order valence-electron chi connectivity index (χ4n) is 2.77. The molecule has 0 aliphatic heterocycles. The van der Waals surface area contributed by atoms with Crippen molar-refractivity contribution in [3.8, 4) is 0 Å². The zero-order valence-electron chi connectivity index (χ0n) is 16.6. The van der Waals surface area contributed by atoms with E-state index in [0.717, 1.165) is 32.0 Å². The maximum Gasteiger partial charge on any atom is 0.191 e. The highest BCUT2D eigenvalue weighted by atomic mass is 127. The van der Waals surface area contributed by atoms with E-state index in [4.69, 9.17) is 4.99 Å². The van der Waals surface area contributed by atoms with Gasteiger partial charge in [-0.15, -0.1) is 24.0 Å². The third-order valence-corrected chi connectivity index (χ3v) is 4.24. The van der Waals surface area contributed by atoms with Crippen LogP contribution in [0.5, 0.6) is 0 Å². The second kappa shape index (κ2) is 14.4. The van der Waals surface area contributed by atoms with Gasteiger partial charge in [0, 0.05) is 12.6 Å². The molecule has 5 heteroatoms. The van der Waals surface area contributed by atoms with Crippen molar-refractivity contribution in [3.63, 3.8) is 0 Å². The highest BCUT2D eigenvalue weighted by Gasteiger charge is 2.06. The van der Waals surface area contributed by atoms with Gasteiger partial charge in [-0.1, -0.05) is 43.7 Å². The van der Waals surface area contributed by atoms with Crippen LogP contribution in [0.25, 0.3) is 0 Å². The van der Waals surface area contributed by atoms with Gasteiger partial charge in [-0.2, -0.15) is 0 Å². The summed E-state index contributed by atoms with van der Waals surface area (Å²) < 4.78 is 0. The van der Waals surface area contributed by atoms with E-state index in [0.29, 0.717) is 12.6 Å². The summed E-state index contributed by atoms with van der Waals surface area (Å²) in [4.78, 5) is 7.20. The second-order valence-corrected chi connectivity index (χ2v) is 6.40. The first-order valence-electron chi connectivity index (χ1n) is 9.41. The number of nitrogens with one attached hydrogen (secondary N) is 2. The van der Waals surface area contributed by atoms with Crippen LogP contribution in [0.4, 0.5) is 0 Å². The number of aryl methyl sites for hydroxylation is 1. The van der Waals surface area contributed by atoms with E-state index in [1.165, 1.54) is 24.1 Å². The Bertz CT molecular complexity index is 486. The van der Waals surface area contributed by atoms with Crippen molar-refractivity contribution in [3.05, 3.63) is 35.4 Å². The number of hydrogen-bond acceptors (Lipinski definition) is 2. The predicted octanol–water partition coefficient (Wildman–Crippen LogP) is 4.18. The van der Waals surface area contributed by atoms with E-state index in [1.807, 2.05) is 0 Å². The van der Waals surface area contributed by atoms with Crippen LogP contribution in [0.3, 0.4) is 0 Å². The Morgan fingerprint density at radius 1 is 1.20 bits per heavy atom. The standard InChI is InChI=1S/C20H36N4.HI/c1-6-21-20(22-16-19-13-9-11-17(4)15-19)23-18(5)12-10-14-24(7-2)8-3;/h9,11,13,15,18H,6-8,10,12,14,16H2,1-5H3,(H2,21,22,23);1H. The first-order chi connectivity index (χ1) is 11.6. The molecule has 0 saturated heterocycles. The molecular formula is C20H37IN4. The molecule has 1 aromatic carbocycles. The molecule has 1 aromatic rings. The lowest BCUT2D eigenvalue weighted by Crippen LogP contribution is -2.42. The van der Waals surface area contributed by atoms with Crippen LogP contribution in [-0.4, -0.2) is 43.1 Å². The molecule has 4 nitrogen and oxygen atoms in total. The fourth-order valence-corrected chi connectivity index (χ4v) is 2.77. The monoisotopic (exact) mass is 460 g/mol. The normalized spacial score (nSPS) is 12.6. The summed E-state index contributed by atoms with van der Waals surface area (Å²) in [5, 5.41) is 6.88. The first-order valence-corrected chi connectivity index (χ1v) is 9.41. The molecule has 1 atom stereocenters. The minimum atomic E-state index is 0. The third kappa shape index (κ3) is 10.7. The molecule has 0 radical (unpaired) electrons. The highest BCUT2D eigenvalue weighted by Crippen LogP contribution is 2.05. The molecule has 1 rings (SSSR count). The van der Waals surface area contributed by atoms with Gasteiger partial charge in [-0.05, 0) is 58.8 Å². The minimum absolute atomic E-state index is 0. The lowest BCUT2D eigenvalue weighted by atomic mass is 10.1. The van der Waals surface area contributed by atoms with Gasteiger partial charge in [-0.3, -0.25) is 0 Å². The molecule has 0 bridgehead atoms. The summed E-state index contributed by atoms with van der Waals surface area (Å²) in [6, 6.07) is 8.97. The summed E-state index contributed by atoms with van der Waals surface area (Å²) in [7, 11) is 0. The number of rotatable bonds is 10. The van der Waals surface area contributed by atoms with E-state index in [9.17, 15) is 0 Å². The molecule has 0 aromatic heterocycles. The van der Waals surface area contributed by atoms with E-state index >= 15 is 0 Å². The van der Waals surface area contributed by atoms with E-state index < -0.39 is 0 Å². The van der Waals surface area contributed by atoms with Crippen molar-refractivity contribution in [2.75, 3.05) is 26.2 Å². The summed E-state index contributed by atoms with van der Waals surface area (Å²) in [6.07, 6.45) is 2.37. The van der Waals surface area contributed by atoms with Gasteiger partial charge in [0.25, 0.3) is 0 Å². The van der Waals surface area contributed by atoms with Crippen molar-refractivity contribution >= 4 is 29.9 Å². The van der Waals surface area contributed by atoms with Crippen molar-refractivity contribution in [2.24, 2.45) is 4.99 Å². The zero-order chi connectivity index (χ0) is 17.8. The van der Waals surface area contributed by atoms with Crippen molar-refractivity contribution in [1.82, 2.24) is 15.5 Å². The maximum atomic E-state index is 4.72. The van der Waals surface area contributed by atoms with Gasteiger partial charge < -0.3 is 15.5 Å². The number of guanidine groups is 1. The quantitative estimate of drug-likeness (QED) is 0.313. The average molecular weight is 460 g/mol. The number of halogens is 1. The topological polar surface area (TPSA) is 39.7 Å². The molecule has 0 spiro atoms.